The van der Waals surface area contributed by atoms with Crippen LogP contribution in [-0.4, -0.2) is 16.2 Å². The molecule has 0 saturated heterocycles. The first-order chi connectivity index (χ1) is 9.65. The lowest BCUT2D eigenvalue weighted by Crippen LogP contribution is -2.20. The highest BCUT2D eigenvalue weighted by Gasteiger charge is 2.29. The number of carboxylic acids is 1. The molecular weight excluding hydrogens is 272 g/mol. The third-order valence-corrected chi connectivity index (χ3v) is 6.15. The van der Waals surface area contributed by atoms with Gasteiger partial charge in [0.2, 0.25) is 0 Å². The molecule has 0 spiro atoms. The van der Waals surface area contributed by atoms with Crippen LogP contribution in [-0.2, 0) is 17.6 Å². The summed E-state index contributed by atoms with van der Waals surface area (Å²) >= 11 is 1.71. The molecule has 2 N–H and O–H groups in total. The lowest BCUT2D eigenvalue weighted by Gasteiger charge is -2.25. The second kappa shape index (κ2) is 5.86. The minimum atomic E-state index is -0.684. The highest BCUT2D eigenvalue weighted by Crippen LogP contribution is 2.40. The van der Waals surface area contributed by atoms with Gasteiger partial charge >= 0.3 is 5.97 Å². The van der Waals surface area contributed by atoms with E-state index in [1.165, 1.54) is 29.7 Å². The minimum absolute atomic E-state index is 0.239. The van der Waals surface area contributed by atoms with Crippen molar-refractivity contribution in [3.05, 3.63) is 21.4 Å². The van der Waals surface area contributed by atoms with E-state index < -0.39 is 5.97 Å². The van der Waals surface area contributed by atoms with Crippen molar-refractivity contribution >= 4 is 17.3 Å². The van der Waals surface area contributed by atoms with E-state index in [1.807, 2.05) is 0 Å². The first-order valence-corrected chi connectivity index (χ1v) is 8.49. The number of aliphatic carboxylic acids is 1. The van der Waals surface area contributed by atoms with Crippen LogP contribution in [0, 0.1) is 11.8 Å². The van der Waals surface area contributed by atoms with Crippen molar-refractivity contribution in [3.8, 4) is 0 Å². The van der Waals surface area contributed by atoms with Crippen molar-refractivity contribution in [2.45, 2.75) is 57.5 Å². The van der Waals surface area contributed by atoms with E-state index in [2.05, 4.69) is 6.07 Å². The van der Waals surface area contributed by atoms with Crippen molar-refractivity contribution in [3.63, 3.8) is 0 Å². The molecule has 3 nitrogen and oxygen atoms in total. The molecule has 2 aliphatic carbocycles. The van der Waals surface area contributed by atoms with Gasteiger partial charge in [-0.1, -0.05) is 19.3 Å². The fraction of sp³-hybridized carbons (Fsp3) is 0.688. The third-order valence-electron chi connectivity index (χ3n) is 4.84. The van der Waals surface area contributed by atoms with Crippen LogP contribution in [0.1, 0.15) is 59.9 Å². The van der Waals surface area contributed by atoms with Gasteiger partial charge in [-0.25, -0.2) is 0 Å². The van der Waals surface area contributed by atoms with Gasteiger partial charge in [-0.05, 0) is 49.7 Å². The number of aryl methyl sites for hydroxylation is 1. The number of aliphatic hydroxyl groups is 1. The molecule has 110 valence electrons. The van der Waals surface area contributed by atoms with Crippen LogP contribution in [0.3, 0.4) is 0 Å². The summed E-state index contributed by atoms with van der Waals surface area (Å²) < 4.78 is 0. The molecule has 2 unspecified atom stereocenters. The first-order valence-electron chi connectivity index (χ1n) is 7.67. The van der Waals surface area contributed by atoms with Gasteiger partial charge in [0, 0.05) is 9.75 Å². The van der Waals surface area contributed by atoms with Crippen LogP contribution in [0.25, 0.3) is 0 Å². The Morgan fingerprint density at radius 1 is 1.25 bits per heavy atom. The van der Waals surface area contributed by atoms with E-state index in [-0.39, 0.29) is 12.0 Å². The Morgan fingerprint density at radius 3 is 2.70 bits per heavy atom. The summed E-state index contributed by atoms with van der Waals surface area (Å²) in [5, 5.41) is 19.7. The Balaban J connectivity index is 1.74. The van der Waals surface area contributed by atoms with Crippen LogP contribution >= 0.6 is 11.3 Å². The summed E-state index contributed by atoms with van der Waals surface area (Å²) in [6.07, 6.45) is 7.90. The smallest absolute Gasteiger partial charge is 0.306 e. The molecule has 2 aliphatic rings. The number of hydrogen-bond acceptors (Lipinski definition) is 3. The van der Waals surface area contributed by atoms with E-state index in [1.54, 1.807) is 11.3 Å². The molecule has 0 amide bonds. The molecule has 0 aromatic carbocycles. The largest absolute Gasteiger partial charge is 0.481 e. The lowest BCUT2D eigenvalue weighted by molar-refractivity contribution is -0.142. The molecule has 1 heterocycles. The molecule has 1 aromatic rings. The zero-order valence-corrected chi connectivity index (χ0v) is 12.5. The second-order valence-electron chi connectivity index (χ2n) is 6.22. The quantitative estimate of drug-likeness (QED) is 0.896. The maximum Gasteiger partial charge on any atom is 0.306 e. The molecule has 1 fully saturated rings. The van der Waals surface area contributed by atoms with Gasteiger partial charge in [0.15, 0.2) is 0 Å². The number of aliphatic hydroxyl groups excluding tert-OH is 1. The normalized spacial score (nSPS) is 25.1. The minimum Gasteiger partial charge on any atom is -0.481 e. The van der Waals surface area contributed by atoms with Gasteiger partial charge in [-0.3, -0.25) is 4.79 Å². The zero-order chi connectivity index (χ0) is 14.1. The van der Waals surface area contributed by atoms with Gasteiger partial charge in [-0.2, -0.15) is 0 Å². The Labute approximate surface area is 123 Å². The molecule has 1 saturated carbocycles. The first kappa shape index (κ1) is 14.1. The average Bonchev–Trinajstić information content (AvgIpc) is 2.90. The summed E-state index contributed by atoms with van der Waals surface area (Å²) in [4.78, 5) is 13.5. The number of fused-ring (bicyclic) bond motifs is 1. The number of thiophene rings is 1. The fourth-order valence-electron chi connectivity index (χ4n) is 3.59. The third kappa shape index (κ3) is 2.77. The lowest BCUT2D eigenvalue weighted by atomic mass is 9.84. The van der Waals surface area contributed by atoms with Crippen LogP contribution in [0.5, 0.6) is 0 Å². The highest BCUT2D eigenvalue weighted by atomic mass is 32.1. The maximum atomic E-state index is 11.1. The van der Waals surface area contributed by atoms with E-state index >= 15 is 0 Å². The molecular formula is C16H22O3S. The zero-order valence-electron chi connectivity index (χ0n) is 11.7. The Morgan fingerprint density at radius 2 is 2.00 bits per heavy atom. The van der Waals surface area contributed by atoms with Crippen LogP contribution in [0.4, 0.5) is 0 Å². The van der Waals surface area contributed by atoms with Crippen molar-refractivity contribution in [1.29, 1.82) is 0 Å². The SMILES string of the molecule is O=C(O)C1CCc2sc(C(O)C3CCCCC3)cc2C1. The molecule has 0 bridgehead atoms. The fourth-order valence-corrected chi connectivity index (χ4v) is 4.88. The summed E-state index contributed by atoms with van der Waals surface area (Å²) in [5.41, 5.74) is 1.17. The van der Waals surface area contributed by atoms with Crippen molar-refractivity contribution in [1.82, 2.24) is 0 Å². The number of hydrogen-bond donors (Lipinski definition) is 2. The second-order valence-corrected chi connectivity index (χ2v) is 7.39. The van der Waals surface area contributed by atoms with Crippen LogP contribution in [0.2, 0.25) is 0 Å². The average molecular weight is 294 g/mol. The number of carboxylic acid groups (broad SMARTS) is 1. The molecule has 4 heteroatoms. The van der Waals surface area contributed by atoms with Gasteiger partial charge in [-0.15, -0.1) is 11.3 Å². The van der Waals surface area contributed by atoms with Crippen LogP contribution in [0.15, 0.2) is 6.07 Å². The summed E-state index contributed by atoms with van der Waals surface area (Å²) in [6, 6.07) is 2.08. The number of carbonyl (C=O) groups is 1. The molecule has 20 heavy (non-hydrogen) atoms. The molecule has 3 rings (SSSR count). The molecule has 2 atom stereocenters. The Kier molecular flexibility index (Phi) is 4.13. The van der Waals surface area contributed by atoms with Gasteiger partial charge in [0.05, 0.1) is 12.0 Å². The standard InChI is InChI=1S/C16H22O3S/c17-15(10-4-2-1-3-5-10)14-9-12-8-11(16(18)19)6-7-13(12)20-14/h9-11,15,17H,1-8H2,(H,18,19). The maximum absolute atomic E-state index is 11.1. The predicted molar refractivity (Wildman–Crippen MR) is 79.0 cm³/mol. The van der Waals surface area contributed by atoms with Crippen LogP contribution < -0.4 is 0 Å². The van der Waals surface area contributed by atoms with Crippen molar-refractivity contribution in [2.75, 3.05) is 0 Å². The Bertz CT molecular complexity index is 488. The van der Waals surface area contributed by atoms with Crippen molar-refractivity contribution < 1.29 is 15.0 Å². The molecule has 0 aliphatic heterocycles. The van der Waals surface area contributed by atoms with Gasteiger partial charge < -0.3 is 10.2 Å². The van der Waals surface area contributed by atoms with E-state index in [0.717, 1.165) is 30.6 Å². The predicted octanol–water partition coefficient (Wildman–Crippen LogP) is 3.55. The van der Waals surface area contributed by atoms with E-state index in [4.69, 9.17) is 5.11 Å². The summed E-state index contributed by atoms with van der Waals surface area (Å²) in [5.74, 6) is -0.521. The summed E-state index contributed by atoms with van der Waals surface area (Å²) in [7, 11) is 0. The topological polar surface area (TPSA) is 57.5 Å². The summed E-state index contributed by atoms with van der Waals surface area (Å²) in [6.45, 7) is 0. The molecule has 0 radical (unpaired) electrons. The number of rotatable bonds is 3. The molecule has 1 aromatic heterocycles. The van der Waals surface area contributed by atoms with Crippen molar-refractivity contribution in [2.24, 2.45) is 11.8 Å². The van der Waals surface area contributed by atoms with E-state index in [0.29, 0.717) is 12.3 Å². The van der Waals surface area contributed by atoms with E-state index in [9.17, 15) is 9.90 Å². The van der Waals surface area contributed by atoms with Gasteiger partial charge in [0.25, 0.3) is 0 Å². The monoisotopic (exact) mass is 294 g/mol. The highest BCUT2D eigenvalue weighted by molar-refractivity contribution is 7.12. The van der Waals surface area contributed by atoms with Gasteiger partial charge in [0.1, 0.15) is 0 Å². The Hall–Kier alpha value is -0.870.